The van der Waals surface area contributed by atoms with Gasteiger partial charge in [-0.15, -0.1) is 6.58 Å². The lowest BCUT2D eigenvalue weighted by molar-refractivity contribution is 0.0582. The molecule has 0 spiro atoms. The molecule has 0 atom stereocenters. The molecule has 0 fully saturated rings. The first-order chi connectivity index (χ1) is 7.44. The van der Waals surface area contributed by atoms with Gasteiger partial charge in [-0.2, -0.15) is 0 Å². The molecule has 1 aromatic rings. The smallest absolute Gasteiger partial charge is 0.416 e. The third kappa shape index (κ3) is 3.42. The van der Waals surface area contributed by atoms with Crippen LogP contribution in [0, 0.1) is 0 Å². The van der Waals surface area contributed by atoms with Gasteiger partial charge >= 0.3 is 6.09 Å². The van der Waals surface area contributed by atoms with Gasteiger partial charge in [0, 0.05) is 12.6 Å². The Hall–Kier alpha value is -1.78. The maximum Gasteiger partial charge on any atom is 0.416 e. The average Bonchev–Trinajstić information content (AvgIpc) is 2.63. The standard InChI is InChI=1S/C11H16N2O3/c1-5-7-13(9-6-8-15-12-9)10(14)16-11(2,3)4/h5-6,8H,1,7H2,2-4H3. The summed E-state index contributed by atoms with van der Waals surface area (Å²) >= 11 is 0. The number of aromatic nitrogens is 1. The molecule has 1 aromatic heterocycles. The Morgan fingerprint density at radius 1 is 1.69 bits per heavy atom. The first kappa shape index (κ1) is 12.3. The molecule has 88 valence electrons. The molecule has 0 N–H and O–H groups in total. The zero-order valence-electron chi connectivity index (χ0n) is 9.77. The first-order valence-electron chi connectivity index (χ1n) is 4.96. The Labute approximate surface area is 94.7 Å². The largest absolute Gasteiger partial charge is 0.443 e. The van der Waals surface area contributed by atoms with Crippen LogP contribution in [0.15, 0.2) is 29.5 Å². The Morgan fingerprint density at radius 3 is 2.81 bits per heavy atom. The summed E-state index contributed by atoms with van der Waals surface area (Å²) in [5.41, 5.74) is -0.541. The van der Waals surface area contributed by atoms with E-state index in [-0.39, 0.29) is 0 Å². The van der Waals surface area contributed by atoms with Crippen LogP contribution in [0.4, 0.5) is 10.6 Å². The van der Waals surface area contributed by atoms with Crippen molar-refractivity contribution in [1.82, 2.24) is 5.16 Å². The third-order valence-corrected chi connectivity index (χ3v) is 1.63. The molecule has 0 bridgehead atoms. The molecule has 5 heteroatoms. The molecule has 0 unspecified atom stereocenters. The fraction of sp³-hybridized carbons (Fsp3) is 0.455. The SMILES string of the molecule is C=CCN(C(=O)OC(C)(C)C)c1ccon1. The molecule has 0 aromatic carbocycles. The second kappa shape index (κ2) is 4.83. The molecule has 16 heavy (non-hydrogen) atoms. The highest BCUT2D eigenvalue weighted by Gasteiger charge is 2.23. The molecule has 1 heterocycles. The van der Waals surface area contributed by atoms with Crippen LogP contribution in [0.5, 0.6) is 0 Å². The molecule has 0 aliphatic carbocycles. The molecular weight excluding hydrogens is 208 g/mol. The summed E-state index contributed by atoms with van der Waals surface area (Å²) in [7, 11) is 0. The van der Waals surface area contributed by atoms with Crippen molar-refractivity contribution >= 4 is 11.9 Å². The predicted octanol–water partition coefficient (Wildman–Crippen LogP) is 2.60. The van der Waals surface area contributed by atoms with Gasteiger partial charge in [0.15, 0.2) is 5.82 Å². The van der Waals surface area contributed by atoms with Crippen LogP contribution in [0.25, 0.3) is 0 Å². The quantitative estimate of drug-likeness (QED) is 0.740. The van der Waals surface area contributed by atoms with Crippen molar-refractivity contribution in [3.05, 3.63) is 25.0 Å². The minimum absolute atomic E-state index is 0.321. The van der Waals surface area contributed by atoms with Crippen molar-refractivity contribution in [3.8, 4) is 0 Å². The van der Waals surface area contributed by atoms with Gasteiger partial charge in [-0.25, -0.2) is 4.79 Å². The maximum absolute atomic E-state index is 11.8. The van der Waals surface area contributed by atoms with Crippen LogP contribution in [0.2, 0.25) is 0 Å². The van der Waals surface area contributed by atoms with Crippen LogP contribution < -0.4 is 4.90 Å². The molecule has 0 radical (unpaired) electrons. The van der Waals surface area contributed by atoms with Gasteiger partial charge < -0.3 is 9.26 Å². The van der Waals surface area contributed by atoms with Crippen molar-refractivity contribution in [2.75, 3.05) is 11.4 Å². The monoisotopic (exact) mass is 224 g/mol. The normalized spacial score (nSPS) is 10.9. The molecule has 1 rings (SSSR count). The van der Waals surface area contributed by atoms with E-state index in [0.29, 0.717) is 12.4 Å². The Kier molecular flexibility index (Phi) is 3.71. The maximum atomic E-state index is 11.8. The number of nitrogens with zero attached hydrogens (tertiary/aromatic N) is 2. The summed E-state index contributed by atoms with van der Waals surface area (Å²) in [6, 6.07) is 1.59. The number of hydrogen-bond acceptors (Lipinski definition) is 4. The Balaban J connectivity index is 2.78. The molecule has 1 amide bonds. The minimum Gasteiger partial charge on any atom is -0.443 e. The Bertz CT molecular complexity index is 352. The molecule has 0 saturated carbocycles. The average molecular weight is 224 g/mol. The fourth-order valence-corrected chi connectivity index (χ4v) is 1.05. The van der Waals surface area contributed by atoms with Crippen molar-refractivity contribution < 1.29 is 14.1 Å². The third-order valence-electron chi connectivity index (χ3n) is 1.63. The van der Waals surface area contributed by atoms with Gasteiger partial charge in [0.05, 0.1) is 0 Å². The van der Waals surface area contributed by atoms with Crippen LogP contribution in [0.3, 0.4) is 0 Å². The molecular formula is C11H16N2O3. The topological polar surface area (TPSA) is 55.6 Å². The fourth-order valence-electron chi connectivity index (χ4n) is 1.05. The van der Waals surface area contributed by atoms with E-state index in [2.05, 4.69) is 16.3 Å². The van der Waals surface area contributed by atoms with E-state index in [1.165, 1.54) is 11.2 Å². The number of hydrogen-bond donors (Lipinski definition) is 0. The molecule has 5 nitrogen and oxygen atoms in total. The zero-order valence-corrected chi connectivity index (χ0v) is 9.77. The summed E-state index contributed by atoms with van der Waals surface area (Å²) in [6.45, 7) is 9.32. The van der Waals surface area contributed by atoms with E-state index >= 15 is 0 Å². The highest BCUT2D eigenvalue weighted by molar-refractivity contribution is 5.86. The summed E-state index contributed by atoms with van der Waals surface area (Å²) in [5, 5.41) is 3.69. The number of carbonyl (C=O) groups is 1. The number of carbonyl (C=O) groups excluding carboxylic acids is 1. The lowest BCUT2D eigenvalue weighted by Crippen LogP contribution is -2.37. The highest BCUT2D eigenvalue weighted by atomic mass is 16.6. The number of ether oxygens (including phenoxy) is 1. The Morgan fingerprint density at radius 2 is 2.38 bits per heavy atom. The first-order valence-corrected chi connectivity index (χ1v) is 4.96. The van der Waals surface area contributed by atoms with Gasteiger partial charge in [-0.05, 0) is 20.8 Å². The van der Waals surface area contributed by atoms with Gasteiger partial charge in [0.1, 0.15) is 11.9 Å². The van der Waals surface area contributed by atoms with Crippen molar-refractivity contribution in [2.24, 2.45) is 0 Å². The van der Waals surface area contributed by atoms with Gasteiger partial charge in [-0.1, -0.05) is 11.2 Å². The lowest BCUT2D eigenvalue weighted by atomic mass is 10.2. The summed E-state index contributed by atoms with van der Waals surface area (Å²) in [6.07, 6.45) is 2.52. The number of amides is 1. The van der Waals surface area contributed by atoms with Crippen molar-refractivity contribution in [3.63, 3.8) is 0 Å². The molecule has 0 aliphatic rings. The van der Waals surface area contributed by atoms with E-state index < -0.39 is 11.7 Å². The van der Waals surface area contributed by atoms with Gasteiger partial charge in [0.2, 0.25) is 0 Å². The minimum atomic E-state index is -0.541. The zero-order chi connectivity index (χ0) is 12.2. The van der Waals surface area contributed by atoms with Crippen LogP contribution >= 0.6 is 0 Å². The second-order valence-electron chi connectivity index (χ2n) is 4.24. The highest BCUT2D eigenvalue weighted by Crippen LogP contribution is 2.15. The van der Waals surface area contributed by atoms with Crippen molar-refractivity contribution in [2.45, 2.75) is 26.4 Å². The molecule has 0 aliphatic heterocycles. The number of anilines is 1. The molecule has 0 saturated heterocycles. The summed E-state index contributed by atoms with van der Waals surface area (Å²) in [4.78, 5) is 13.2. The van der Waals surface area contributed by atoms with E-state index in [4.69, 9.17) is 4.74 Å². The van der Waals surface area contributed by atoms with Crippen LogP contribution in [-0.2, 0) is 4.74 Å². The van der Waals surface area contributed by atoms with E-state index in [1.54, 1.807) is 32.9 Å². The summed E-state index contributed by atoms with van der Waals surface area (Å²) in [5.74, 6) is 0.411. The van der Waals surface area contributed by atoms with Gasteiger partial charge in [-0.3, -0.25) is 4.90 Å². The van der Waals surface area contributed by atoms with Crippen molar-refractivity contribution in [1.29, 1.82) is 0 Å². The van der Waals surface area contributed by atoms with Crippen LogP contribution in [-0.4, -0.2) is 23.4 Å². The number of rotatable bonds is 3. The van der Waals surface area contributed by atoms with E-state index in [1.807, 2.05) is 0 Å². The van der Waals surface area contributed by atoms with Gasteiger partial charge in [0.25, 0.3) is 0 Å². The van der Waals surface area contributed by atoms with Crippen LogP contribution in [0.1, 0.15) is 20.8 Å². The second-order valence-corrected chi connectivity index (χ2v) is 4.24. The lowest BCUT2D eigenvalue weighted by Gasteiger charge is -2.24. The van der Waals surface area contributed by atoms with E-state index in [9.17, 15) is 4.79 Å². The predicted molar refractivity (Wildman–Crippen MR) is 60.3 cm³/mol. The van der Waals surface area contributed by atoms with E-state index in [0.717, 1.165) is 0 Å². The summed E-state index contributed by atoms with van der Waals surface area (Å²) < 4.78 is 9.92.